The van der Waals surface area contributed by atoms with Gasteiger partial charge in [0.15, 0.2) is 0 Å². The number of carbonyl (C=O) groups is 1. The molecule has 0 fully saturated rings. The molecule has 5 heteroatoms. The van der Waals surface area contributed by atoms with Crippen molar-refractivity contribution in [1.82, 2.24) is 4.57 Å². The number of hydrogen-bond donors (Lipinski definition) is 0. The van der Waals surface area contributed by atoms with Crippen LogP contribution in [0.3, 0.4) is 0 Å². The van der Waals surface area contributed by atoms with Crippen molar-refractivity contribution in [2.75, 3.05) is 0 Å². The molecule has 1 aromatic heterocycles. The van der Waals surface area contributed by atoms with Crippen molar-refractivity contribution in [3.05, 3.63) is 71.9 Å². The molecule has 3 aromatic rings. The molecule has 1 unspecified atom stereocenters. The fourth-order valence-corrected chi connectivity index (χ4v) is 3.65. The summed E-state index contributed by atoms with van der Waals surface area (Å²) in [6, 6.07) is 18.2. The molecule has 2 aromatic carbocycles. The van der Waals surface area contributed by atoms with Gasteiger partial charge in [0, 0.05) is 24.4 Å². The van der Waals surface area contributed by atoms with Crippen LogP contribution >= 0.6 is 0 Å². The van der Waals surface area contributed by atoms with Gasteiger partial charge in [-0.25, -0.2) is 4.79 Å². The second kappa shape index (κ2) is 7.07. The molecular weight excluding hydrogens is 364 g/mol. The Morgan fingerprint density at radius 2 is 1.93 bits per heavy atom. The molecule has 0 bridgehead atoms. The lowest BCUT2D eigenvalue weighted by Crippen LogP contribution is -2.28. The van der Waals surface area contributed by atoms with Crippen molar-refractivity contribution in [3.63, 3.8) is 0 Å². The van der Waals surface area contributed by atoms with Gasteiger partial charge in [-0.3, -0.25) is 4.57 Å². The van der Waals surface area contributed by atoms with E-state index < -0.39 is 11.2 Å². The minimum Gasteiger partial charge on any atom is -0.443 e. The van der Waals surface area contributed by atoms with E-state index in [1.807, 2.05) is 69.3 Å². The van der Waals surface area contributed by atoms with Crippen LogP contribution in [0.5, 0.6) is 0 Å². The van der Waals surface area contributed by atoms with Crippen LogP contribution in [0, 0.1) is 0 Å². The second-order valence-corrected chi connectivity index (χ2v) is 8.86. The normalized spacial score (nSPS) is 19.1. The van der Waals surface area contributed by atoms with Crippen molar-refractivity contribution in [2.45, 2.75) is 51.7 Å². The molecule has 5 nitrogen and oxygen atoms in total. The van der Waals surface area contributed by atoms with E-state index in [0.29, 0.717) is 6.42 Å². The summed E-state index contributed by atoms with van der Waals surface area (Å²) in [7, 11) is 0. The van der Waals surface area contributed by atoms with Gasteiger partial charge in [-0.2, -0.15) is 0 Å². The van der Waals surface area contributed by atoms with E-state index in [1.54, 1.807) is 10.8 Å². The fourth-order valence-electron chi connectivity index (χ4n) is 3.65. The van der Waals surface area contributed by atoms with Gasteiger partial charge in [-0.15, -0.1) is 0 Å². The zero-order valence-electron chi connectivity index (χ0n) is 17.3. The molecule has 29 heavy (non-hydrogen) atoms. The molecule has 0 aliphatic carbocycles. The van der Waals surface area contributed by atoms with Crippen molar-refractivity contribution in [3.8, 4) is 0 Å². The fraction of sp³-hybridized carbons (Fsp3) is 0.333. The topological polar surface area (TPSA) is 52.8 Å². The summed E-state index contributed by atoms with van der Waals surface area (Å²) in [5.74, 6) is 0. The SMILES string of the molecule is CC(C)(C)OC(=O)n1ccc2ccc(CC3(C)CC(c4ccccc4)=NO3)cc21. The number of rotatable bonds is 3. The first-order valence-corrected chi connectivity index (χ1v) is 9.86. The average Bonchev–Trinajstić information content (AvgIpc) is 3.25. The maximum atomic E-state index is 12.6. The maximum absolute atomic E-state index is 12.6. The second-order valence-electron chi connectivity index (χ2n) is 8.86. The minimum absolute atomic E-state index is 0.373. The summed E-state index contributed by atoms with van der Waals surface area (Å²) in [5.41, 5.74) is 3.02. The van der Waals surface area contributed by atoms with Gasteiger partial charge in [-0.05, 0) is 51.0 Å². The third kappa shape index (κ3) is 4.19. The molecule has 1 aliphatic heterocycles. The Labute approximate surface area is 170 Å². The van der Waals surface area contributed by atoms with Crippen LogP contribution in [0.15, 0.2) is 65.9 Å². The molecule has 0 radical (unpaired) electrons. The van der Waals surface area contributed by atoms with Gasteiger partial charge in [0.25, 0.3) is 0 Å². The zero-order valence-corrected chi connectivity index (χ0v) is 17.3. The number of carbonyl (C=O) groups excluding carboxylic acids is 1. The Bertz CT molecular complexity index is 1080. The number of aromatic nitrogens is 1. The molecular formula is C24H26N2O3. The molecule has 4 rings (SSSR count). The Morgan fingerprint density at radius 3 is 2.66 bits per heavy atom. The van der Waals surface area contributed by atoms with Crippen LogP contribution in [-0.4, -0.2) is 27.6 Å². The van der Waals surface area contributed by atoms with Gasteiger partial charge < -0.3 is 9.57 Å². The Morgan fingerprint density at radius 1 is 1.17 bits per heavy atom. The maximum Gasteiger partial charge on any atom is 0.418 e. The third-order valence-corrected chi connectivity index (χ3v) is 4.95. The smallest absolute Gasteiger partial charge is 0.418 e. The van der Waals surface area contributed by atoms with Gasteiger partial charge >= 0.3 is 6.09 Å². The number of benzene rings is 2. The number of fused-ring (bicyclic) bond motifs is 1. The van der Waals surface area contributed by atoms with Gasteiger partial charge in [-0.1, -0.05) is 47.6 Å². The van der Waals surface area contributed by atoms with Crippen LogP contribution in [-0.2, 0) is 16.0 Å². The summed E-state index contributed by atoms with van der Waals surface area (Å²) in [6.45, 7) is 7.67. The van der Waals surface area contributed by atoms with E-state index in [4.69, 9.17) is 9.57 Å². The first-order chi connectivity index (χ1) is 13.7. The minimum atomic E-state index is -0.540. The predicted molar refractivity (Wildman–Crippen MR) is 114 cm³/mol. The Balaban J connectivity index is 1.55. The Hall–Kier alpha value is -3.08. The van der Waals surface area contributed by atoms with E-state index in [1.165, 1.54) is 0 Å². The molecule has 0 amide bonds. The summed E-state index contributed by atoms with van der Waals surface area (Å²) < 4.78 is 7.09. The van der Waals surface area contributed by atoms with Gasteiger partial charge in [0.1, 0.15) is 11.2 Å². The van der Waals surface area contributed by atoms with Gasteiger partial charge in [0.2, 0.25) is 0 Å². The largest absolute Gasteiger partial charge is 0.443 e. The number of ether oxygens (including phenoxy) is 1. The zero-order chi connectivity index (χ0) is 20.6. The molecule has 1 atom stereocenters. The number of hydrogen-bond acceptors (Lipinski definition) is 4. The first kappa shape index (κ1) is 19.2. The molecule has 0 saturated heterocycles. The third-order valence-electron chi connectivity index (χ3n) is 4.95. The lowest BCUT2D eigenvalue weighted by molar-refractivity contribution is -0.00280. The van der Waals surface area contributed by atoms with E-state index in [0.717, 1.165) is 34.2 Å². The van der Waals surface area contributed by atoms with E-state index in [-0.39, 0.29) is 6.09 Å². The molecule has 0 saturated carbocycles. The first-order valence-electron chi connectivity index (χ1n) is 9.86. The van der Waals surface area contributed by atoms with Crippen LogP contribution < -0.4 is 0 Å². The van der Waals surface area contributed by atoms with Gasteiger partial charge in [0.05, 0.1) is 11.2 Å². The monoisotopic (exact) mass is 390 g/mol. The standard InChI is InChI=1S/C24H26N2O3/c1-23(2,3)28-22(27)26-13-12-19-11-10-17(14-21(19)26)15-24(4)16-20(25-29-24)18-8-6-5-7-9-18/h5-14H,15-16H2,1-4H3. The molecule has 0 N–H and O–H groups in total. The van der Waals surface area contributed by atoms with E-state index >= 15 is 0 Å². The predicted octanol–water partition coefficient (Wildman–Crippen LogP) is 5.55. The quantitative estimate of drug-likeness (QED) is 0.589. The van der Waals surface area contributed by atoms with Crippen LogP contribution in [0.4, 0.5) is 4.79 Å². The molecule has 1 aliphatic rings. The highest BCUT2D eigenvalue weighted by atomic mass is 16.7. The molecule has 0 spiro atoms. The lowest BCUT2D eigenvalue weighted by atomic mass is 9.89. The summed E-state index contributed by atoms with van der Waals surface area (Å²) in [5, 5.41) is 5.33. The molecule has 150 valence electrons. The van der Waals surface area contributed by atoms with Crippen LogP contribution in [0.25, 0.3) is 10.9 Å². The lowest BCUT2D eigenvalue weighted by Gasteiger charge is -2.22. The van der Waals surface area contributed by atoms with Crippen LogP contribution in [0.2, 0.25) is 0 Å². The summed E-state index contributed by atoms with van der Waals surface area (Å²) in [6.07, 6.45) is 2.82. The summed E-state index contributed by atoms with van der Waals surface area (Å²) >= 11 is 0. The van der Waals surface area contributed by atoms with Crippen molar-refractivity contribution in [2.24, 2.45) is 5.16 Å². The number of oxime groups is 1. The van der Waals surface area contributed by atoms with Crippen LogP contribution in [0.1, 0.15) is 45.2 Å². The molecule has 2 heterocycles. The number of nitrogens with zero attached hydrogens (tertiary/aromatic N) is 2. The summed E-state index contributed by atoms with van der Waals surface area (Å²) in [4.78, 5) is 18.4. The van der Waals surface area contributed by atoms with E-state index in [2.05, 4.69) is 18.1 Å². The highest BCUT2D eigenvalue weighted by Gasteiger charge is 2.35. The van der Waals surface area contributed by atoms with Crippen molar-refractivity contribution < 1.29 is 14.4 Å². The van der Waals surface area contributed by atoms with Crippen molar-refractivity contribution >= 4 is 22.7 Å². The Kier molecular flexibility index (Phi) is 4.69. The highest BCUT2D eigenvalue weighted by molar-refractivity contribution is 6.01. The average molecular weight is 390 g/mol. The van der Waals surface area contributed by atoms with E-state index in [9.17, 15) is 4.79 Å². The highest BCUT2D eigenvalue weighted by Crippen LogP contribution is 2.31. The van der Waals surface area contributed by atoms with Crippen molar-refractivity contribution in [1.29, 1.82) is 0 Å².